The number of aromatic nitrogens is 3. The molecule has 0 unspecified atom stereocenters. The standard InChI is InChI=1S/C18H15N5O3/c24-12-5-3-7-19-15(12)18(25)21-9-8-20-17-16-14(22-10-23-17)11-4-1-2-6-13(11)26-16/h1-7,10,24H,8-9H2,(H,21,25)(H,20,22,23). The number of para-hydroxylation sites is 1. The Kier molecular flexibility index (Phi) is 4.06. The van der Waals surface area contributed by atoms with Crippen LogP contribution < -0.4 is 10.6 Å². The van der Waals surface area contributed by atoms with Crippen molar-refractivity contribution in [3.05, 3.63) is 54.6 Å². The van der Waals surface area contributed by atoms with E-state index < -0.39 is 5.91 Å². The van der Waals surface area contributed by atoms with Gasteiger partial charge in [-0.25, -0.2) is 15.0 Å². The Hall–Kier alpha value is -3.68. The number of amides is 1. The molecule has 0 spiro atoms. The summed E-state index contributed by atoms with van der Waals surface area (Å²) in [5.74, 6) is -0.0413. The van der Waals surface area contributed by atoms with Gasteiger partial charge in [0.05, 0.1) is 0 Å². The number of carbonyl (C=O) groups excluding carboxylic acids is 1. The summed E-state index contributed by atoms with van der Waals surface area (Å²) < 4.78 is 5.83. The van der Waals surface area contributed by atoms with Crippen LogP contribution in [0.15, 0.2) is 53.3 Å². The van der Waals surface area contributed by atoms with E-state index in [0.29, 0.717) is 24.5 Å². The van der Waals surface area contributed by atoms with Gasteiger partial charge in [-0.1, -0.05) is 12.1 Å². The van der Waals surface area contributed by atoms with Crippen LogP contribution in [-0.4, -0.2) is 39.1 Å². The fourth-order valence-electron chi connectivity index (χ4n) is 2.66. The van der Waals surface area contributed by atoms with Gasteiger partial charge in [-0.3, -0.25) is 4.79 Å². The van der Waals surface area contributed by atoms with E-state index in [-0.39, 0.29) is 11.4 Å². The van der Waals surface area contributed by atoms with Gasteiger partial charge in [-0.2, -0.15) is 0 Å². The number of pyridine rings is 1. The third kappa shape index (κ3) is 2.88. The largest absolute Gasteiger partial charge is 0.505 e. The summed E-state index contributed by atoms with van der Waals surface area (Å²) in [5.41, 5.74) is 2.04. The first kappa shape index (κ1) is 15.8. The van der Waals surface area contributed by atoms with Crippen molar-refractivity contribution in [1.29, 1.82) is 0 Å². The van der Waals surface area contributed by atoms with Crippen LogP contribution in [-0.2, 0) is 0 Å². The van der Waals surface area contributed by atoms with Gasteiger partial charge in [-0.05, 0) is 24.3 Å². The van der Waals surface area contributed by atoms with E-state index in [4.69, 9.17) is 4.42 Å². The molecule has 26 heavy (non-hydrogen) atoms. The maximum absolute atomic E-state index is 12.0. The zero-order chi connectivity index (χ0) is 17.9. The number of aromatic hydroxyl groups is 1. The van der Waals surface area contributed by atoms with Gasteiger partial charge < -0.3 is 20.2 Å². The minimum absolute atomic E-state index is 0.00536. The summed E-state index contributed by atoms with van der Waals surface area (Å²) in [7, 11) is 0. The molecule has 0 aliphatic carbocycles. The van der Waals surface area contributed by atoms with Crippen LogP contribution in [0.2, 0.25) is 0 Å². The van der Waals surface area contributed by atoms with Crippen LogP contribution >= 0.6 is 0 Å². The number of benzene rings is 1. The molecule has 0 saturated heterocycles. The number of rotatable bonds is 5. The molecule has 0 atom stereocenters. The molecule has 1 amide bonds. The summed E-state index contributed by atoms with van der Waals surface area (Å²) in [6.45, 7) is 0.739. The van der Waals surface area contributed by atoms with Crippen molar-refractivity contribution in [2.24, 2.45) is 0 Å². The zero-order valence-electron chi connectivity index (χ0n) is 13.6. The van der Waals surface area contributed by atoms with E-state index in [1.165, 1.54) is 18.6 Å². The zero-order valence-corrected chi connectivity index (χ0v) is 13.6. The molecule has 0 aliphatic rings. The van der Waals surface area contributed by atoms with Crippen molar-refractivity contribution < 1.29 is 14.3 Å². The van der Waals surface area contributed by atoms with Crippen LogP contribution in [0.25, 0.3) is 22.1 Å². The summed E-state index contributed by atoms with van der Waals surface area (Å²) in [4.78, 5) is 24.4. The summed E-state index contributed by atoms with van der Waals surface area (Å²) in [6.07, 6.45) is 2.92. The molecule has 3 aromatic heterocycles. The highest BCUT2D eigenvalue weighted by atomic mass is 16.3. The van der Waals surface area contributed by atoms with Crippen LogP contribution in [0.1, 0.15) is 10.5 Å². The van der Waals surface area contributed by atoms with Gasteiger partial charge in [0.2, 0.25) is 0 Å². The predicted molar refractivity (Wildman–Crippen MR) is 96.0 cm³/mol. The maximum atomic E-state index is 12.0. The Bertz CT molecular complexity index is 1090. The molecular weight excluding hydrogens is 334 g/mol. The first-order valence-corrected chi connectivity index (χ1v) is 8.02. The minimum atomic E-state index is -0.443. The molecule has 4 aromatic rings. The number of furan rings is 1. The number of fused-ring (bicyclic) bond motifs is 3. The summed E-state index contributed by atoms with van der Waals surface area (Å²) >= 11 is 0. The predicted octanol–water partition coefficient (Wildman–Crippen LogP) is 2.32. The van der Waals surface area contributed by atoms with Crippen molar-refractivity contribution in [3.63, 3.8) is 0 Å². The second-order valence-corrected chi connectivity index (χ2v) is 5.55. The van der Waals surface area contributed by atoms with Crippen LogP contribution in [0.4, 0.5) is 5.82 Å². The third-order valence-corrected chi connectivity index (χ3v) is 3.86. The lowest BCUT2D eigenvalue weighted by atomic mass is 10.2. The van der Waals surface area contributed by atoms with Crippen molar-refractivity contribution >= 4 is 33.8 Å². The van der Waals surface area contributed by atoms with E-state index in [9.17, 15) is 9.90 Å². The topological polar surface area (TPSA) is 113 Å². The average Bonchev–Trinajstić information content (AvgIpc) is 3.05. The number of nitrogens with one attached hydrogen (secondary N) is 2. The monoisotopic (exact) mass is 349 g/mol. The van der Waals surface area contributed by atoms with Crippen LogP contribution in [0, 0.1) is 0 Å². The fraction of sp³-hybridized carbons (Fsp3) is 0.111. The Morgan fingerprint density at radius 2 is 1.96 bits per heavy atom. The Labute approximate surface area is 147 Å². The van der Waals surface area contributed by atoms with Gasteiger partial charge in [0.1, 0.15) is 23.2 Å². The quantitative estimate of drug-likeness (QED) is 0.474. The molecule has 3 N–H and O–H groups in total. The first-order chi connectivity index (χ1) is 12.7. The van der Waals surface area contributed by atoms with Gasteiger partial charge in [0.15, 0.2) is 17.1 Å². The molecule has 8 nitrogen and oxygen atoms in total. The molecule has 4 rings (SSSR count). The van der Waals surface area contributed by atoms with Gasteiger partial charge in [0, 0.05) is 24.7 Å². The SMILES string of the molecule is O=C(NCCNc1ncnc2c1oc1ccccc12)c1ncccc1O. The first-order valence-electron chi connectivity index (χ1n) is 8.02. The highest BCUT2D eigenvalue weighted by Crippen LogP contribution is 2.30. The van der Waals surface area contributed by atoms with E-state index >= 15 is 0 Å². The number of hydrogen-bond acceptors (Lipinski definition) is 7. The van der Waals surface area contributed by atoms with Crippen LogP contribution in [0.5, 0.6) is 5.75 Å². The number of hydrogen-bond donors (Lipinski definition) is 3. The Balaban J connectivity index is 1.44. The lowest BCUT2D eigenvalue weighted by Gasteiger charge is -2.07. The van der Waals surface area contributed by atoms with E-state index in [2.05, 4.69) is 25.6 Å². The molecule has 0 radical (unpaired) electrons. The van der Waals surface area contributed by atoms with Gasteiger partial charge in [-0.15, -0.1) is 0 Å². The highest BCUT2D eigenvalue weighted by Gasteiger charge is 2.13. The smallest absolute Gasteiger partial charge is 0.273 e. The van der Waals surface area contributed by atoms with E-state index in [0.717, 1.165) is 16.5 Å². The normalized spacial score (nSPS) is 10.9. The molecule has 130 valence electrons. The summed E-state index contributed by atoms with van der Waals surface area (Å²) in [6, 6.07) is 10.6. The Morgan fingerprint density at radius 3 is 2.85 bits per heavy atom. The maximum Gasteiger partial charge on any atom is 0.273 e. The lowest BCUT2D eigenvalue weighted by Crippen LogP contribution is -2.29. The van der Waals surface area contributed by atoms with E-state index in [1.54, 1.807) is 6.07 Å². The highest BCUT2D eigenvalue weighted by molar-refractivity contribution is 6.05. The fourth-order valence-corrected chi connectivity index (χ4v) is 2.66. The second kappa shape index (κ2) is 6.67. The van der Waals surface area contributed by atoms with Gasteiger partial charge >= 0.3 is 0 Å². The van der Waals surface area contributed by atoms with Crippen LogP contribution in [0.3, 0.4) is 0 Å². The molecule has 3 heterocycles. The average molecular weight is 349 g/mol. The molecular formula is C18H15N5O3. The molecule has 0 saturated carbocycles. The second-order valence-electron chi connectivity index (χ2n) is 5.55. The van der Waals surface area contributed by atoms with Crippen molar-refractivity contribution in [1.82, 2.24) is 20.3 Å². The summed E-state index contributed by atoms with van der Waals surface area (Å²) in [5, 5.41) is 16.4. The molecule has 0 bridgehead atoms. The van der Waals surface area contributed by atoms with Gasteiger partial charge in [0.25, 0.3) is 5.91 Å². The number of anilines is 1. The van der Waals surface area contributed by atoms with E-state index in [1.807, 2.05) is 24.3 Å². The molecule has 0 fully saturated rings. The molecule has 1 aromatic carbocycles. The van der Waals surface area contributed by atoms with Crippen molar-refractivity contribution in [3.8, 4) is 5.75 Å². The minimum Gasteiger partial charge on any atom is -0.505 e. The number of carbonyl (C=O) groups is 1. The van der Waals surface area contributed by atoms with Crippen molar-refractivity contribution in [2.75, 3.05) is 18.4 Å². The third-order valence-electron chi connectivity index (χ3n) is 3.86. The molecule has 0 aliphatic heterocycles. The molecule has 8 heteroatoms. The van der Waals surface area contributed by atoms with Crippen molar-refractivity contribution in [2.45, 2.75) is 0 Å². The number of nitrogens with zero attached hydrogens (tertiary/aromatic N) is 3. The lowest BCUT2D eigenvalue weighted by molar-refractivity contribution is 0.0947. The Morgan fingerprint density at radius 1 is 1.08 bits per heavy atom.